The lowest BCUT2D eigenvalue weighted by Crippen LogP contribution is -2.39. The molecule has 0 aliphatic heterocycles. The zero-order valence-electron chi connectivity index (χ0n) is 13.4. The normalized spacial score (nSPS) is 13.3. The molecule has 0 saturated heterocycles. The zero-order chi connectivity index (χ0) is 17.7. The smallest absolute Gasteiger partial charge is 0.415 e. The maximum atomic E-state index is 12.3. The number of aliphatic hydroxyl groups is 1. The standard InChI is InChI=1S/C16H19F3N2O2S/c1-11-20-13(10-24-11)9-23-14-5-3-12(4-6-14)7-21(2)8-15(22)16(17,18)19/h3-6,10,15,22H,7-9H2,1-2H3. The summed E-state index contributed by atoms with van der Waals surface area (Å²) in [5.41, 5.74) is 1.70. The summed E-state index contributed by atoms with van der Waals surface area (Å²) in [7, 11) is 1.53. The molecule has 2 rings (SSSR count). The average molecular weight is 360 g/mol. The topological polar surface area (TPSA) is 45.6 Å². The van der Waals surface area contributed by atoms with Crippen LogP contribution < -0.4 is 4.74 Å². The van der Waals surface area contributed by atoms with Gasteiger partial charge in [0.15, 0.2) is 6.10 Å². The Morgan fingerprint density at radius 3 is 2.50 bits per heavy atom. The van der Waals surface area contributed by atoms with Crippen LogP contribution in [0.5, 0.6) is 5.75 Å². The predicted octanol–water partition coefficient (Wildman–Crippen LogP) is 3.39. The first kappa shape index (κ1) is 18.7. The molecule has 0 aliphatic rings. The van der Waals surface area contributed by atoms with Gasteiger partial charge in [0.25, 0.3) is 0 Å². The molecule has 4 nitrogen and oxygen atoms in total. The molecule has 1 unspecified atom stereocenters. The number of halogens is 3. The molecule has 0 radical (unpaired) electrons. The Morgan fingerprint density at radius 1 is 1.29 bits per heavy atom. The Hall–Kier alpha value is -1.64. The van der Waals surface area contributed by atoms with E-state index in [9.17, 15) is 13.2 Å². The first-order chi connectivity index (χ1) is 11.2. The second-order valence-corrected chi connectivity index (χ2v) is 6.61. The van der Waals surface area contributed by atoms with Crippen LogP contribution in [0, 0.1) is 6.92 Å². The lowest BCUT2D eigenvalue weighted by molar-refractivity contribution is -0.207. The Morgan fingerprint density at radius 2 is 1.96 bits per heavy atom. The van der Waals surface area contributed by atoms with Gasteiger partial charge in [0.05, 0.1) is 10.7 Å². The van der Waals surface area contributed by atoms with E-state index in [-0.39, 0.29) is 0 Å². The molecule has 132 valence electrons. The summed E-state index contributed by atoms with van der Waals surface area (Å²) in [5, 5.41) is 12.0. The van der Waals surface area contributed by atoms with Crippen LogP contribution in [-0.2, 0) is 13.2 Å². The molecule has 1 heterocycles. The Kier molecular flexibility index (Phi) is 6.20. The molecule has 0 fully saturated rings. The van der Waals surface area contributed by atoms with E-state index in [1.54, 1.807) is 35.6 Å². The van der Waals surface area contributed by atoms with Crippen LogP contribution >= 0.6 is 11.3 Å². The van der Waals surface area contributed by atoms with Gasteiger partial charge in [-0.15, -0.1) is 11.3 Å². The summed E-state index contributed by atoms with van der Waals surface area (Å²) < 4.78 is 42.6. The number of nitrogens with zero attached hydrogens (tertiary/aromatic N) is 2. The minimum atomic E-state index is -4.60. The second kappa shape index (κ2) is 7.96. The van der Waals surface area contributed by atoms with Gasteiger partial charge in [0, 0.05) is 18.5 Å². The fourth-order valence-electron chi connectivity index (χ4n) is 2.10. The van der Waals surface area contributed by atoms with Crippen molar-refractivity contribution < 1.29 is 23.0 Å². The number of rotatable bonds is 7. The highest BCUT2D eigenvalue weighted by molar-refractivity contribution is 7.09. The highest BCUT2D eigenvalue weighted by Crippen LogP contribution is 2.21. The molecule has 1 aromatic heterocycles. The van der Waals surface area contributed by atoms with Crippen molar-refractivity contribution in [3.05, 3.63) is 45.9 Å². The molecule has 1 N–H and O–H groups in total. The van der Waals surface area contributed by atoms with Crippen molar-refractivity contribution in [1.82, 2.24) is 9.88 Å². The number of benzene rings is 1. The van der Waals surface area contributed by atoms with E-state index in [1.807, 2.05) is 12.3 Å². The number of likely N-dealkylation sites (N-methyl/N-ethyl adjacent to an activating group) is 1. The van der Waals surface area contributed by atoms with Crippen LogP contribution in [0.1, 0.15) is 16.3 Å². The first-order valence-corrected chi connectivity index (χ1v) is 8.18. The van der Waals surface area contributed by atoms with Gasteiger partial charge in [-0.3, -0.25) is 4.90 Å². The minimum absolute atomic E-state index is 0.304. The molecular weight excluding hydrogens is 341 g/mol. The summed E-state index contributed by atoms with van der Waals surface area (Å²) in [6.45, 7) is 2.14. The Labute approximate surface area is 142 Å². The number of hydrogen-bond acceptors (Lipinski definition) is 5. The molecule has 2 aromatic rings. The van der Waals surface area contributed by atoms with Gasteiger partial charge < -0.3 is 9.84 Å². The molecule has 0 spiro atoms. The molecule has 0 saturated carbocycles. The number of aryl methyl sites for hydroxylation is 1. The summed E-state index contributed by atoms with van der Waals surface area (Å²) >= 11 is 1.56. The largest absolute Gasteiger partial charge is 0.487 e. The number of alkyl halides is 3. The van der Waals surface area contributed by atoms with E-state index >= 15 is 0 Å². The molecule has 1 aromatic carbocycles. The summed E-state index contributed by atoms with van der Waals surface area (Å²) in [5.74, 6) is 0.669. The van der Waals surface area contributed by atoms with Crippen molar-refractivity contribution in [2.24, 2.45) is 0 Å². The van der Waals surface area contributed by atoms with E-state index in [0.29, 0.717) is 18.9 Å². The van der Waals surface area contributed by atoms with E-state index in [2.05, 4.69) is 4.98 Å². The Balaban J connectivity index is 1.83. The molecule has 8 heteroatoms. The third-order valence-corrected chi connectivity index (χ3v) is 4.11. The van der Waals surface area contributed by atoms with Crippen LogP contribution in [0.3, 0.4) is 0 Å². The molecule has 1 atom stereocenters. The van der Waals surface area contributed by atoms with Gasteiger partial charge in [-0.25, -0.2) is 4.98 Å². The highest BCUT2D eigenvalue weighted by atomic mass is 32.1. The SMILES string of the molecule is Cc1nc(COc2ccc(CN(C)CC(O)C(F)(F)F)cc2)cs1. The summed E-state index contributed by atoms with van der Waals surface area (Å²) in [6, 6.07) is 7.11. The highest BCUT2D eigenvalue weighted by Gasteiger charge is 2.38. The van der Waals surface area contributed by atoms with Crippen LogP contribution in [0.2, 0.25) is 0 Å². The van der Waals surface area contributed by atoms with Crippen molar-refractivity contribution >= 4 is 11.3 Å². The molecule has 0 amide bonds. The van der Waals surface area contributed by atoms with E-state index < -0.39 is 18.8 Å². The van der Waals surface area contributed by atoms with Crippen LogP contribution in [0.15, 0.2) is 29.6 Å². The summed E-state index contributed by atoms with van der Waals surface area (Å²) in [4.78, 5) is 5.72. The van der Waals surface area contributed by atoms with Crippen LogP contribution in [-0.4, -0.2) is 40.9 Å². The van der Waals surface area contributed by atoms with Crippen molar-refractivity contribution in [3.8, 4) is 5.75 Å². The quantitative estimate of drug-likeness (QED) is 0.822. The lowest BCUT2D eigenvalue weighted by Gasteiger charge is -2.22. The third kappa shape index (κ3) is 5.77. The van der Waals surface area contributed by atoms with Gasteiger partial charge in [-0.1, -0.05) is 12.1 Å². The van der Waals surface area contributed by atoms with Gasteiger partial charge in [0.2, 0.25) is 0 Å². The number of aliphatic hydroxyl groups excluding tert-OH is 1. The zero-order valence-corrected chi connectivity index (χ0v) is 14.2. The fourth-order valence-corrected chi connectivity index (χ4v) is 2.70. The van der Waals surface area contributed by atoms with Crippen molar-refractivity contribution in [1.29, 1.82) is 0 Å². The van der Waals surface area contributed by atoms with Crippen LogP contribution in [0.4, 0.5) is 13.2 Å². The predicted molar refractivity (Wildman–Crippen MR) is 86.0 cm³/mol. The number of thiazole rings is 1. The molecular formula is C16H19F3N2O2S. The number of ether oxygens (including phenoxy) is 1. The molecule has 24 heavy (non-hydrogen) atoms. The lowest BCUT2D eigenvalue weighted by atomic mass is 10.2. The second-order valence-electron chi connectivity index (χ2n) is 5.54. The van der Waals surface area contributed by atoms with Crippen molar-refractivity contribution in [2.45, 2.75) is 32.4 Å². The van der Waals surface area contributed by atoms with E-state index in [4.69, 9.17) is 9.84 Å². The maximum absolute atomic E-state index is 12.3. The molecule has 0 aliphatic carbocycles. The van der Waals surface area contributed by atoms with E-state index in [1.165, 1.54) is 11.9 Å². The van der Waals surface area contributed by atoms with Crippen molar-refractivity contribution in [2.75, 3.05) is 13.6 Å². The Bertz CT molecular complexity index is 644. The third-order valence-electron chi connectivity index (χ3n) is 3.29. The number of hydrogen-bond donors (Lipinski definition) is 1. The minimum Gasteiger partial charge on any atom is -0.487 e. The molecule has 0 bridgehead atoms. The van der Waals surface area contributed by atoms with Gasteiger partial charge in [0.1, 0.15) is 12.4 Å². The monoisotopic (exact) mass is 360 g/mol. The maximum Gasteiger partial charge on any atom is 0.415 e. The van der Waals surface area contributed by atoms with Gasteiger partial charge in [-0.05, 0) is 31.7 Å². The van der Waals surface area contributed by atoms with Crippen LogP contribution in [0.25, 0.3) is 0 Å². The fraction of sp³-hybridized carbons (Fsp3) is 0.438. The van der Waals surface area contributed by atoms with E-state index in [0.717, 1.165) is 16.3 Å². The van der Waals surface area contributed by atoms with Gasteiger partial charge >= 0.3 is 6.18 Å². The summed E-state index contributed by atoms with van der Waals surface area (Å²) in [6.07, 6.45) is -6.94. The number of aromatic nitrogens is 1. The average Bonchev–Trinajstić information content (AvgIpc) is 2.91. The van der Waals surface area contributed by atoms with Crippen molar-refractivity contribution in [3.63, 3.8) is 0 Å². The van der Waals surface area contributed by atoms with Gasteiger partial charge in [-0.2, -0.15) is 13.2 Å². The first-order valence-electron chi connectivity index (χ1n) is 7.30.